The maximum Gasteiger partial charge on any atom is 0.138 e. The molecule has 0 aliphatic rings. The number of halogens is 1. The number of rotatable bonds is 0. The van der Waals surface area contributed by atoms with Crippen LogP contribution >= 0.6 is 0 Å². The van der Waals surface area contributed by atoms with Gasteiger partial charge in [0.2, 0.25) is 0 Å². The number of benzene rings is 1. The lowest BCUT2D eigenvalue weighted by Crippen LogP contribution is -1.83. The van der Waals surface area contributed by atoms with Crippen LogP contribution in [0.15, 0.2) is 18.2 Å². The van der Waals surface area contributed by atoms with E-state index in [9.17, 15) is 4.39 Å². The highest BCUT2D eigenvalue weighted by atomic mass is 19.1. The largest absolute Gasteiger partial charge is 0.206 e. The Kier molecular flexibility index (Phi) is 2.28. The second kappa shape index (κ2) is 3.21. The molecule has 0 aromatic heterocycles. The Morgan fingerprint density at radius 3 is 2.73 bits per heavy atom. The Balaban J connectivity index is 3.19. The van der Waals surface area contributed by atoms with E-state index in [1.165, 1.54) is 6.07 Å². The van der Waals surface area contributed by atoms with Gasteiger partial charge < -0.3 is 0 Å². The number of hydrogen-bond donors (Lipinski definition) is 0. The molecule has 0 amide bonds. The van der Waals surface area contributed by atoms with E-state index in [0.29, 0.717) is 5.56 Å². The summed E-state index contributed by atoms with van der Waals surface area (Å²) in [5.41, 5.74) is 1.51. The fourth-order valence-electron chi connectivity index (χ4n) is 0.870. The van der Waals surface area contributed by atoms with Crippen molar-refractivity contribution in [3.8, 4) is 11.8 Å². The Bertz CT molecular complexity index is 315. The summed E-state index contributed by atoms with van der Waals surface area (Å²) in [6, 6.07) is 4.91. The van der Waals surface area contributed by atoms with Gasteiger partial charge in [0.1, 0.15) is 5.82 Å². The fourth-order valence-corrected chi connectivity index (χ4v) is 0.870. The second-order valence-electron chi connectivity index (χ2n) is 2.36. The first-order valence-electron chi connectivity index (χ1n) is 3.43. The highest BCUT2D eigenvalue weighted by molar-refractivity contribution is 5.37. The molecule has 0 N–H and O–H groups in total. The van der Waals surface area contributed by atoms with Crippen LogP contribution in [0.2, 0.25) is 0 Å². The molecular weight excluding hydrogens is 139 g/mol. The molecule has 0 unspecified atom stereocenters. The normalized spacial score (nSPS) is 8.64. The van der Waals surface area contributed by atoms with Gasteiger partial charge >= 0.3 is 0 Å². The van der Waals surface area contributed by atoms with E-state index >= 15 is 0 Å². The lowest BCUT2D eigenvalue weighted by molar-refractivity contribution is 0.624. The summed E-state index contributed by atoms with van der Waals surface area (Å²) in [7, 11) is 0. The zero-order valence-corrected chi connectivity index (χ0v) is 6.61. The molecule has 0 heterocycles. The molecular formula is C10H9F. The van der Waals surface area contributed by atoms with Crippen LogP contribution < -0.4 is 0 Å². The van der Waals surface area contributed by atoms with Crippen LogP contribution in [0.3, 0.4) is 0 Å². The summed E-state index contributed by atoms with van der Waals surface area (Å²) in [6.07, 6.45) is 0. The SMILES string of the molecule is CC#Cc1cc(C)ccc1F. The van der Waals surface area contributed by atoms with Gasteiger partial charge in [0.15, 0.2) is 0 Å². The quantitative estimate of drug-likeness (QED) is 0.496. The van der Waals surface area contributed by atoms with Crippen LogP contribution in [0.25, 0.3) is 0 Å². The van der Waals surface area contributed by atoms with E-state index in [-0.39, 0.29) is 5.82 Å². The van der Waals surface area contributed by atoms with Crippen LogP contribution in [0.1, 0.15) is 18.1 Å². The maximum absolute atomic E-state index is 12.9. The Morgan fingerprint density at radius 2 is 2.09 bits per heavy atom. The van der Waals surface area contributed by atoms with Gasteiger partial charge in [-0.15, -0.1) is 5.92 Å². The number of hydrogen-bond acceptors (Lipinski definition) is 0. The van der Waals surface area contributed by atoms with Crippen molar-refractivity contribution >= 4 is 0 Å². The van der Waals surface area contributed by atoms with E-state index in [1.807, 2.05) is 6.92 Å². The van der Waals surface area contributed by atoms with Gasteiger partial charge in [0.05, 0.1) is 5.56 Å². The molecule has 1 rings (SSSR count). The minimum absolute atomic E-state index is 0.245. The average Bonchev–Trinajstić information content (AvgIpc) is 1.98. The Labute approximate surface area is 66.1 Å². The third-order valence-electron chi connectivity index (χ3n) is 1.38. The van der Waals surface area contributed by atoms with E-state index in [4.69, 9.17) is 0 Å². The molecule has 0 spiro atoms. The van der Waals surface area contributed by atoms with Crippen molar-refractivity contribution in [3.63, 3.8) is 0 Å². The summed E-state index contributed by atoms with van der Waals surface area (Å²) in [5, 5.41) is 0. The van der Waals surface area contributed by atoms with Crippen LogP contribution in [0, 0.1) is 24.6 Å². The Morgan fingerprint density at radius 1 is 1.36 bits per heavy atom. The van der Waals surface area contributed by atoms with Gasteiger partial charge in [-0.2, -0.15) is 0 Å². The molecule has 1 aromatic carbocycles. The van der Waals surface area contributed by atoms with Crippen LogP contribution in [-0.4, -0.2) is 0 Å². The van der Waals surface area contributed by atoms with Crippen LogP contribution in [0.5, 0.6) is 0 Å². The highest BCUT2D eigenvalue weighted by Gasteiger charge is 1.96. The number of aryl methyl sites for hydroxylation is 1. The topological polar surface area (TPSA) is 0 Å². The fraction of sp³-hybridized carbons (Fsp3) is 0.200. The smallest absolute Gasteiger partial charge is 0.138 e. The molecule has 1 heteroatoms. The van der Waals surface area contributed by atoms with Gasteiger partial charge in [0.25, 0.3) is 0 Å². The first-order chi connectivity index (χ1) is 5.24. The molecule has 56 valence electrons. The lowest BCUT2D eigenvalue weighted by Gasteiger charge is -1.94. The summed E-state index contributed by atoms with van der Waals surface area (Å²) in [5.74, 6) is 5.11. The summed E-state index contributed by atoms with van der Waals surface area (Å²) in [6.45, 7) is 3.61. The summed E-state index contributed by atoms with van der Waals surface area (Å²) >= 11 is 0. The van der Waals surface area contributed by atoms with Gasteiger partial charge in [-0.05, 0) is 31.5 Å². The predicted octanol–water partition coefficient (Wildman–Crippen LogP) is 2.51. The van der Waals surface area contributed by atoms with E-state index < -0.39 is 0 Å². The monoisotopic (exact) mass is 148 g/mol. The molecule has 0 atom stereocenters. The Hall–Kier alpha value is -1.29. The maximum atomic E-state index is 12.9. The van der Waals surface area contributed by atoms with Crippen molar-refractivity contribution in [3.05, 3.63) is 35.1 Å². The third-order valence-corrected chi connectivity index (χ3v) is 1.38. The zero-order valence-electron chi connectivity index (χ0n) is 6.61. The zero-order chi connectivity index (χ0) is 8.27. The molecule has 0 nitrogen and oxygen atoms in total. The van der Waals surface area contributed by atoms with Crippen molar-refractivity contribution in [2.24, 2.45) is 0 Å². The van der Waals surface area contributed by atoms with E-state index in [0.717, 1.165) is 5.56 Å². The van der Waals surface area contributed by atoms with Crippen LogP contribution in [0.4, 0.5) is 4.39 Å². The van der Waals surface area contributed by atoms with Crippen molar-refractivity contribution in [1.29, 1.82) is 0 Å². The first-order valence-corrected chi connectivity index (χ1v) is 3.43. The first kappa shape index (κ1) is 7.81. The lowest BCUT2D eigenvalue weighted by atomic mass is 10.1. The molecule has 0 radical (unpaired) electrons. The van der Waals surface area contributed by atoms with Gasteiger partial charge in [0, 0.05) is 0 Å². The average molecular weight is 148 g/mol. The van der Waals surface area contributed by atoms with E-state index in [2.05, 4.69) is 11.8 Å². The standard InChI is InChI=1S/C10H9F/c1-3-4-9-7-8(2)5-6-10(9)11/h5-7H,1-2H3. The molecule has 11 heavy (non-hydrogen) atoms. The molecule has 0 aliphatic carbocycles. The van der Waals surface area contributed by atoms with Crippen molar-refractivity contribution in [1.82, 2.24) is 0 Å². The molecule has 0 bridgehead atoms. The summed E-state index contributed by atoms with van der Waals surface area (Å²) in [4.78, 5) is 0. The second-order valence-corrected chi connectivity index (χ2v) is 2.36. The minimum Gasteiger partial charge on any atom is -0.206 e. The van der Waals surface area contributed by atoms with Crippen molar-refractivity contribution in [2.75, 3.05) is 0 Å². The van der Waals surface area contributed by atoms with Gasteiger partial charge in [-0.25, -0.2) is 4.39 Å². The van der Waals surface area contributed by atoms with E-state index in [1.54, 1.807) is 19.1 Å². The minimum atomic E-state index is -0.245. The third kappa shape index (κ3) is 1.81. The summed E-state index contributed by atoms with van der Waals surface area (Å²) < 4.78 is 12.9. The molecule has 1 aromatic rings. The van der Waals surface area contributed by atoms with Gasteiger partial charge in [-0.3, -0.25) is 0 Å². The van der Waals surface area contributed by atoms with Gasteiger partial charge in [-0.1, -0.05) is 12.0 Å². The van der Waals surface area contributed by atoms with Crippen LogP contribution in [-0.2, 0) is 0 Å². The molecule has 0 saturated heterocycles. The van der Waals surface area contributed by atoms with Crippen molar-refractivity contribution < 1.29 is 4.39 Å². The molecule has 0 aliphatic heterocycles. The highest BCUT2D eigenvalue weighted by Crippen LogP contribution is 2.07. The van der Waals surface area contributed by atoms with Crippen molar-refractivity contribution in [2.45, 2.75) is 13.8 Å². The predicted molar refractivity (Wildman–Crippen MR) is 43.7 cm³/mol. The molecule has 0 fully saturated rings. The molecule has 0 saturated carbocycles.